The van der Waals surface area contributed by atoms with Crippen LogP contribution in [0.2, 0.25) is 5.02 Å². The van der Waals surface area contributed by atoms with Crippen molar-refractivity contribution in [1.82, 2.24) is 10.6 Å². The van der Waals surface area contributed by atoms with Crippen LogP contribution in [-0.4, -0.2) is 30.2 Å². The molecule has 0 saturated heterocycles. The number of carbonyl (C=O) groups excluding carboxylic acids is 2. The van der Waals surface area contributed by atoms with E-state index < -0.39 is 17.7 Å². The Morgan fingerprint density at radius 1 is 1.17 bits per heavy atom. The zero-order chi connectivity index (χ0) is 22.1. The number of amides is 2. The van der Waals surface area contributed by atoms with Crippen molar-refractivity contribution in [2.75, 3.05) is 6.54 Å². The Labute approximate surface area is 182 Å². The fourth-order valence-corrected chi connectivity index (χ4v) is 3.07. The Bertz CT molecular complexity index is 932. The summed E-state index contributed by atoms with van der Waals surface area (Å²) in [4.78, 5) is 25.0. The van der Waals surface area contributed by atoms with Gasteiger partial charge < -0.3 is 15.4 Å². The summed E-state index contributed by atoms with van der Waals surface area (Å²) in [5, 5.41) is 14.7. The van der Waals surface area contributed by atoms with Gasteiger partial charge in [0.15, 0.2) is 0 Å². The lowest BCUT2D eigenvalue weighted by molar-refractivity contribution is -0.123. The van der Waals surface area contributed by atoms with Crippen molar-refractivity contribution < 1.29 is 14.3 Å². The van der Waals surface area contributed by atoms with E-state index in [2.05, 4.69) is 10.6 Å². The van der Waals surface area contributed by atoms with E-state index in [9.17, 15) is 9.59 Å². The number of rotatable bonds is 7. The summed E-state index contributed by atoms with van der Waals surface area (Å²) in [6.45, 7) is 5.47. The van der Waals surface area contributed by atoms with Crippen molar-refractivity contribution in [1.29, 1.82) is 5.26 Å². The summed E-state index contributed by atoms with van der Waals surface area (Å²) < 4.78 is 5.31. The van der Waals surface area contributed by atoms with Crippen LogP contribution in [0.3, 0.4) is 0 Å². The molecule has 0 radical (unpaired) electrons. The lowest BCUT2D eigenvalue weighted by Crippen LogP contribution is -2.49. The average molecular weight is 428 g/mol. The molecule has 0 fully saturated rings. The molecule has 2 aromatic rings. The normalized spacial score (nSPS) is 11.8. The topological polar surface area (TPSA) is 91.2 Å². The molecule has 1 atom stereocenters. The number of nitriles is 1. The number of hydrogen-bond donors (Lipinski definition) is 2. The van der Waals surface area contributed by atoms with Gasteiger partial charge in [0, 0.05) is 18.0 Å². The van der Waals surface area contributed by atoms with Crippen LogP contribution in [0.15, 0.2) is 48.5 Å². The van der Waals surface area contributed by atoms with Gasteiger partial charge in [-0.05, 0) is 49.6 Å². The first-order valence-corrected chi connectivity index (χ1v) is 10.1. The molecule has 6 nitrogen and oxygen atoms in total. The Balaban J connectivity index is 2.28. The number of ether oxygens (including phenoxy) is 1. The smallest absolute Gasteiger partial charge is 0.408 e. The molecule has 2 amide bonds. The highest BCUT2D eigenvalue weighted by atomic mass is 35.5. The number of benzene rings is 2. The molecule has 0 aromatic heterocycles. The van der Waals surface area contributed by atoms with Gasteiger partial charge in [-0.15, -0.1) is 0 Å². The van der Waals surface area contributed by atoms with Gasteiger partial charge in [0.1, 0.15) is 11.6 Å². The Kier molecular flexibility index (Phi) is 8.25. The van der Waals surface area contributed by atoms with Crippen LogP contribution in [0.4, 0.5) is 4.79 Å². The highest BCUT2D eigenvalue weighted by molar-refractivity contribution is 6.30. The maximum Gasteiger partial charge on any atom is 0.408 e. The number of alkyl carbamates (subject to hydrolysis) is 1. The molecule has 0 bridgehead atoms. The molecule has 2 aromatic carbocycles. The van der Waals surface area contributed by atoms with Gasteiger partial charge in [0.05, 0.1) is 12.5 Å². The van der Waals surface area contributed by atoms with Crippen LogP contribution >= 0.6 is 11.6 Å². The van der Waals surface area contributed by atoms with Crippen LogP contribution in [0.5, 0.6) is 0 Å². The molecule has 0 heterocycles. The first kappa shape index (κ1) is 23.2. The predicted octanol–water partition coefficient (Wildman–Crippen LogP) is 4.47. The van der Waals surface area contributed by atoms with Gasteiger partial charge in [-0.2, -0.15) is 5.26 Å². The minimum absolute atomic E-state index is 0.185. The Hall–Kier alpha value is -3.04. The molecule has 2 N–H and O–H groups in total. The molecule has 0 unspecified atom stereocenters. The van der Waals surface area contributed by atoms with Crippen molar-refractivity contribution >= 4 is 23.6 Å². The zero-order valence-corrected chi connectivity index (χ0v) is 18.1. The molecule has 30 heavy (non-hydrogen) atoms. The standard InChI is InChI=1S/C23H26ClN3O3/c1-23(2,3)30-22(29)27-20(21(28)26-13-7-12-25)15-17-8-4-5-11-19(17)16-9-6-10-18(24)14-16/h4-6,8-11,14,20H,7,13,15H2,1-3H3,(H,26,28)(H,27,29)/t20-/m0/s1. The van der Waals surface area contributed by atoms with E-state index in [1.807, 2.05) is 48.5 Å². The lowest BCUT2D eigenvalue weighted by atomic mass is 9.95. The van der Waals surface area contributed by atoms with Gasteiger partial charge in [0.2, 0.25) is 5.91 Å². The second-order valence-electron chi connectivity index (χ2n) is 7.77. The molecule has 0 aliphatic rings. The highest BCUT2D eigenvalue weighted by Gasteiger charge is 2.25. The monoisotopic (exact) mass is 427 g/mol. The molecule has 158 valence electrons. The summed E-state index contributed by atoms with van der Waals surface area (Å²) in [6.07, 6.45) is -0.243. The first-order chi connectivity index (χ1) is 14.2. The number of nitrogens with zero attached hydrogens (tertiary/aromatic N) is 1. The number of nitrogens with one attached hydrogen (secondary N) is 2. The van der Waals surface area contributed by atoms with Gasteiger partial charge in [-0.25, -0.2) is 4.79 Å². The zero-order valence-electron chi connectivity index (χ0n) is 17.4. The third-order valence-electron chi connectivity index (χ3n) is 4.12. The maximum absolute atomic E-state index is 12.7. The van der Waals surface area contributed by atoms with Crippen LogP contribution in [0.25, 0.3) is 11.1 Å². The van der Waals surface area contributed by atoms with E-state index in [0.29, 0.717) is 5.02 Å². The Morgan fingerprint density at radius 3 is 2.57 bits per heavy atom. The molecule has 0 aliphatic carbocycles. The second kappa shape index (κ2) is 10.7. The van der Waals surface area contributed by atoms with Crippen LogP contribution < -0.4 is 10.6 Å². The fraction of sp³-hybridized carbons (Fsp3) is 0.348. The quantitative estimate of drug-likeness (QED) is 0.637. The molecular formula is C23H26ClN3O3. The van der Waals surface area contributed by atoms with Crippen molar-refractivity contribution in [3.63, 3.8) is 0 Å². The van der Waals surface area contributed by atoms with E-state index >= 15 is 0 Å². The van der Waals surface area contributed by atoms with Gasteiger partial charge in [-0.3, -0.25) is 4.79 Å². The number of halogens is 1. The van der Waals surface area contributed by atoms with E-state index in [0.717, 1.165) is 16.7 Å². The molecule has 0 aliphatic heterocycles. The largest absolute Gasteiger partial charge is 0.444 e. The van der Waals surface area contributed by atoms with Crippen molar-refractivity contribution in [2.24, 2.45) is 0 Å². The third-order valence-corrected chi connectivity index (χ3v) is 4.36. The summed E-state index contributed by atoms with van der Waals surface area (Å²) in [7, 11) is 0. The van der Waals surface area contributed by atoms with Crippen molar-refractivity contribution in [2.45, 2.75) is 45.3 Å². The van der Waals surface area contributed by atoms with Crippen LogP contribution in [-0.2, 0) is 16.0 Å². The van der Waals surface area contributed by atoms with Gasteiger partial charge in [-0.1, -0.05) is 48.0 Å². The fourth-order valence-electron chi connectivity index (χ4n) is 2.88. The average Bonchev–Trinajstić information content (AvgIpc) is 2.66. The van der Waals surface area contributed by atoms with E-state index in [-0.39, 0.29) is 25.3 Å². The third kappa shape index (κ3) is 7.41. The van der Waals surface area contributed by atoms with Gasteiger partial charge >= 0.3 is 6.09 Å². The first-order valence-electron chi connectivity index (χ1n) is 9.67. The SMILES string of the molecule is CC(C)(C)OC(=O)N[C@@H](Cc1ccccc1-c1cccc(Cl)c1)C(=O)NCCC#N. The van der Waals surface area contributed by atoms with Crippen molar-refractivity contribution in [3.8, 4) is 17.2 Å². The minimum Gasteiger partial charge on any atom is -0.444 e. The maximum atomic E-state index is 12.7. The van der Waals surface area contributed by atoms with Crippen LogP contribution in [0.1, 0.15) is 32.8 Å². The predicted molar refractivity (Wildman–Crippen MR) is 117 cm³/mol. The number of carbonyl (C=O) groups is 2. The van der Waals surface area contributed by atoms with Gasteiger partial charge in [0.25, 0.3) is 0 Å². The molecule has 2 rings (SSSR count). The molecule has 0 spiro atoms. The van der Waals surface area contributed by atoms with E-state index in [1.54, 1.807) is 26.8 Å². The highest BCUT2D eigenvalue weighted by Crippen LogP contribution is 2.27. The Morgan fingerprint density at radius 2 is 1.90 bits per heavy atom. The summed E-state index contributed by atoms with van der Waals surface area (Å²) >= 11 is 6.14. The van der Waals surface area contributed by atoms with E-state index in [4.69, 9.17) is 21.6 Å². The van der Waals surface area contributed by atoms with Crippen LogP contribution in [0, 0.1) is 11.3 Å². The minimum atomic E-state index is -0.862. The molecular weight excluding hydrogens is 402 g/mol. The lowest BCUT2D eigenvalue weighted by Gasteiger charge is -2.24. The molecule has 0 saturated carbocycles. The number of hydrogen-bond acceptors (Lipinski definition) is 4. The summed E-state index contributed by atoms with van der Waals surface area (Å²) in [6, 6.07) is 16.2. The molecule has 7 heteroatoms. The van der Waals surface area contributed by atoms with E-state index in [1.165, 1.54) is 0 Å². The summed E-state index contributed by atoms with van der Waals surface area (Å²) in [5.41, 5.74) is 2.01. The second-order valence-corrected chi connectivity index (χ2v) is 8.21. The van der Waals surface area contributed by atoms with Crippen molar-refractivity contribution in [3.05, 3.63) is 59.1 Å². The summed E-state index contributed by atoms with van der Waals surface area (Å²) in [5.74, 6) is -0.378.